The molecule has 1 aromatic rings. The second kappa shape index (κ2) is 6.04. The summed E-state index contributed by atoms with van der Waals surface area (Å²) < 4.78 is 76.3. The Balaban J connectivity index is 3.34. The van der Waals surface area contributed by atoms with Crippen LogP contribution in [0.25, 0.3) is 0 Å². The van der Waals surface area contributed by atoms with Crippen molar-refractivity contribution in [2.75, 3.05) is 0 Å². The van der Waals surface area contributed by atoms with E-state index in [4.69, 9.17) is 11.6 Å². The lowest BCUT2D eigenvalue weighted by atomic mass is 9.96. The minimum atomic E-state index is -5.48. The van der Waals surface area contributed by atoms with Crippen molar-refractivity contribution in [3.8, 4) is 0 Å². The van der Waals surface area contributed by atoms with Crippen molar-refractivity contribution in [2.45, 2.75) is 24.7 Å². The molecule has 0 fully saturated rings. The van der Waals surface area contributed by atoms with E-state index in [-0.39, 0.29) is 10.0 Å². The Morgan fingerprint density at radius 1 is 0.950 bits per heavy atom. The van der Waals surface area contributed by atoms with Crippen LogP contribution in [0, 0.1) is 12.8 Å². The van der Waals surface area contributed by atoms with E-state index in [1.807, 2.05) is 0 Å². The van der Waals surface area contributed by atoms with Crippen molar-refractivity contribution in [3.63, 3.8) is 0 Å². The number of benzene rings is 1. The summed E-state index contributed by atoms with van der Waals surface area (Å²) in [6.45, 7) is 1.65. The SMILES string of the molecule is Cc1cc(Br)c(C(Cl)C(C(F)(F)F)C(F)(F)F)cc1Br. The summed E-state index contributed by atoms with van der Waals surface area (Å²) in [7, 11) is 0. The average molecular weight is 448 g/mol. The average Bonchev–Trinajstić information content (AvgIpc) is 2.18. The molecule has 1 atom stereocenters. The second-order valence-electron chi connectivity index (χ2n) is 4.09. The predicted molar refractivity (Wildman–Crippen MR) is 70.8 cm³/mol. The molecule has 0 heterocycles. The van der Waals surface area contributed by atoms with E-state index >= 15 is 0 Å². The molecule has 0 amide bonds. The van der Waals surface area contributed by atoms with Crippen LogP contribution in [0.1, 0.15) is 16.5 Å². The lowest BCUT2D eigenvalue weighted by molar-refractivity contribution is -0.284. The third-order valence-electron chi connectivity index (χ3n) is 2.57. The summed E-state index contributed by atoms with van der Waals surface area (Å²) in [5.74, 6) is -3.64. The van der Waals surface area contributed by atoms with Gasteiger partial charge in [-0.2, -0.15) is 26.3 Å². The molecule has 1 rings (SSSR count). The Morgan fingerprint density at radius 3 is 1.80 bits per heavy atom. The predicted octanol–water partition coefficient (Wildman–Crippen LogP) is 6.54. The molecule has 0 aliphatic rings. The molecule has 0 radical (unpaired) electrons. The van der Waals surface area contributed by atoms with Crippen molar-refractivity contribution in [1.29, 1.82) is 0 Å². The Morgan fingerprint density at radius 2 is 1.40 bits per heavy atom. The van der Waals surface area contributed by atoms with Crippen LogP contribution in [0.2, 0.25) is 0 Å². The fourth-order valence-corrected chi connectivity index (χ4v) is 3.23. The van der Waals surface area contributed by atoms with Crippen LogP contribution in [0.3, 0.4) is 0 Å². The number of aryl methyl sites for hydroxylation is 1. The summed E-state index contributed by atoms with van der Waals surface area (Å²) >= 11 is 11.5. The van der Waals surface area contributed by atoms with Gasteiger partial charge >= 0.3 is 12.4 Å². The van der Waals surface area contributed by atoms with Crippen molar-refractivity contribution in [3.05, 3.63) is 32.2 Å². The fourth-order valence-electron chi connectivity index (χ4n) is 1.57. The van der Waals surface area contributed by atoms with Crippen LogP contribution in [0.5, 0.6) is 0 Å². The summed E-state index contributed by atoms with van der Waals surface area (Å²) in [4.78, 5) is 0. The Labute approximate surface area is 132 Å². The maximum atomic E-state index is 12.6. The molecular weight excluding hydrogens is 441 g/mol. The third kappa shape index (κ3) is 4.04. The van der Waals surface area contributed by atoms with Gasteiger partial charge in [-0.25, -0.2) is 0 Å². The molecule has 0 saturated heterocycles. The number of hydrogen-bond acceptors (Lipinski definition) is 0. The molecule has 0 nitrogen and oxygen atoms in total. The van der Waals surface area contributed by atoms with Crippen molar-refractivity contribution in [1.82, 2.24) is 0 Å². The highest BCUT2D eigenvalue weighted by atomic mass is 79.9. The number of halogens is 9. The van der Waals surface area contributed by atoms with E-state index in [0.29, 0.717) is 10.0 Å². The monoisotopic (exact) mass is 446 g/mol. The highest BCUT2D eigenvalue weighted by Gasteiger charge is 2.60. The van der Waals surface area contributed by atoms with Gasteiger partial charge in [-0.3, -0.25) is 0 Å². The summed E-state index contributed by atoms with van der Waals surface area (Å²) in [5, 5.41) is -2.28. The highest BCUT2D eigenvalue weighted by molar-refractivity contribution is 9.11. The van der Waals surface area contributed by atoms with E-state index in [1.54, 1.807) is 6.92 Å². The molecule has 1 unspecified atom stereocenters. The summed E-state index contributed by atoms with van der Waals surface area (Å²) in [6.07, 6.45) is -11.0. The molecule has 9 heteroatoms. The zero-order valence-corrected chi connectivity index (χ0v) is 13.6. The molecule has 0 N–H and O–H groups in total. The Kier molecular flexibility index (Phi) is 5.47. The first-order valence-electron chi connectivity index (χ1n) is 5.08. The second-order valence-corrected chi connectivity index (χ2v) is 6.26. The van der Waals surface area contributed by atoms with E-state index in [9.17, 15) is 26.3 Å². The van der Waals surface area contributed by atoms with E-state index in [2.05, 4.69) is 31.9 Å². The molecule has 114 valence electrons. The number of rotatable bonds is 2. The van der Waals surface area contributed by atoms with Gasteiger partial charge < -0.3 is 0 Å². The van der Waals surface area contributed by atoms with Gasteiger partial charge in [0, 0.05) is 8.95 Å². The van der Waals surface area contributed by atoms with Crippen molar-refractivity contribution >= 4 is 43.5 Å². The minimum Gasteiger partial charge on any atom is -0.170 e. The van der Waals surface area contributed by atoms with Gasteiger partial charge in [0.1, 0.15) is 0 Å². The first kappa shape index (κ1) is 18.1. The largest absolute Gasteiger partial charge is 0.402 e. The first-order valence-corrected chi connectivity index (χ1v) is 7.11. The molecule has 1 aromatic carbocycles. The zero-order valence-electron chi connectivity index (χ0n) is 9.71. The molecule has 20 heavy (non-hydrogen) atoms. The molecule has 0 spiro atoms. The number of hydrogen-bond donors (Lipinski definition) is 0. The van der Waals surface area contributed by atoms with Gasteiger partial charge in [0.25, 0.3) is 0 Å². The minimum absolute atomic E-state index is 0.0942. The lowest BCUT2D eigenvalue weighted by Crippen LogP contribution is -2.39. The third-order valence-corrected chi connectivity index (χ3v) is 4.60. The van der Waals surface area contributed by atoms with Gasteiger partial charge in [-0.1, -0.05) is 31.9 Å². The fraction of sp³-hybridized carbons (Fsp3) is 0.455. The van der Waals surface area contributed by atoms with Crippen LogP contribution in [0.15, 0.2) is 21.1 Å². The summed E-state index contributed by atoms with van der Waals surface area (Å²) in [5.41, 5.74) is 0.379. The van der Waals surface area contributed by atoms with E-state index in [1.165, 1.54) is 6.07 Å². The Hall–Kier alpha value is 0.0500. The van der Waals surface area contributed by atoms with E-state index < -0.39 is 23.6 Å². The molecule has 0 aliphatic heterocycles. The van der Waals surface area contributed by atoms with E-state index in [0.717, 1.165) is 6.07 Å². The molecular formula is C11H7Br2ClF6. The van der Waals surface area contributed by atoms with Gasteiger partial charge in [0.15, 0.2) is 5.92 Å². The smallest absolute Gasteiger partial charge is 0.170 e. The molecule has 0 aromatic heterocycles. The van der Waals surface area contributed by atoms with Crippen LogP contribution in [-0.2, 0) is 0 Å². The molecule has 0 aliphatic carbocycles. The van der Waals surface area contributed by atoms with Gasteiger partial charge in [-0.05, 0) is 30.2 Å². The van der Waals surface area contributed by atoms with Crippen LogP contribution < -0.4 is 0 Å². The van der Waals surface area contributed by atoms with Crippen LogP contribution >= 0.6 is 43.5 Å². The first-order chi connectivity index (χ1) is 8.85. The summed E-state index contributed by atoms with van der Waals surface area (Å²) in [6, 6.07) is 2.56. The van der Waals surface area contributed by atoms with Crippen LogP contribution in [0.4, 0.5) is 26.3 Å². The van der Waals surface area contributed by atoms with Crippen molar-refractivity contribution in [2.24, 2.45) is 5.92 Å². The standard InChI is InChI=1S/C11H7Br2ClF6/c1-4-2-7(13)5(3-6(4)12)8(14)9(10(15,16)17)11(18,19)20/h2-3,8-9H,1H3. The lowest BCUT2D eigenvalue weighted by Gasteiger charge is -2.28. The van der Waals surface area contributed by atoms with Crippen molar-refractivity contribution < 1.29 is 26.3 Å². The molecule has 0 saturated carbocycles. The van der Waals surface area contributed by atoms with Gasteiger partial charge in [0.2, 0.25) is 0 Å². The van der Waals surface area contributed by atoms with Crippen LogP contribution in [-0.4, -0.2) is 12.4 Å². The zero-order chi connectivity index (χ0) is 15.9. The topological polar surface area (TPSA) is 0 Å². The molecule has 0 bridgehead atoms. The normalized spacial score (nSPS) is 14.8. The maximum Gasteiger partial charge on any atom is 0.402 e. The highest BCUT2D eigenvalue weighted by Crippen LogP contribution is 2.50. The number of alkyl halides is 7. The quantitative estimate of drug-likeness (QED) is 0.356. The van der Waals surface area contributed by atoms with Gasteiger partial charge in [0.05, 0.1) is 5.38 Å². The Bertz CT molecular complexity index is 483. The maximum absolute atomic E-state index is 12.6. The van der Waals surface area contributed by atoms with Gasteiger partial charge in [-0.15, -0.1) is 11.6 Å².